The van der Waals surface area contributed by atoms with Crippen LogP contribution in [-0.4, -0.2) is 37.8 Å². The van der Waals surface area contributed by atoms with Gasteiger partial charge in [-0.05, 0) is 31.6 Å². The normalized spacial score (nSPS) is 29.9. The van der Waals surface area contributed by atoms with Crippen molar-refractivity contribution >= 4 is 27.3 Å². The summed E-state index contributed by atoms with van der Waals surface area (Å²) in [5, 5.41) is 2.81. The minimum Gasteiger partial charge on any atom is -0.349 e. The first-order valence-electron chi connectivity index (χ1n) is 5.81. The molecule has 0 bridgehead atoms. The highest BCUT2D eigenvalue weighted by atomic mass is 35.5. The van der Waals surface area contributed by atoms with Crippen LogP contribution in [0.5, 0.6) is 0 Å². The van der Waals surface area contributed by atoms with Crippen molar-refractivity contribution in [2.75, 3.05) is 17.9 Å². The van der Waals surface area contributed by atoms with Crippen molar-refractivity contribution in [2.45, 2.75) is 38.1 Å². The summed E-state index contributed by atoms with van der Waals surface area (Å²) in [6.45, 7) is 2.18. The SMILES string of the molecule is CC1CCC(CCl)(NC(=O)CS(C)(=O)=O)CC1. The highest BCUT2D eigenvalue weighted by Crippen LogP contribution is 2.32. The predicted octanol–water partition coefficient (Wildman–Crippen LogP) is 1.33. The average Bonchev–Trinajstić information content (AvgIpc) is 2.19. The van der Waals surface area contributed by atoms with Gasteiger partial charge >= 0.3 is 0 Å². The topological polar surface area (TPSA) is 63.2 Å². The summed E-state index contributed by atoms with van der Waals surface area (Å²) in [5.74, 6) is 0.0945. The molecular weight excluding hydrogens is 262 g/mol. The van der Waals surface area contributed by atoms with E-state index in [0.717, 1.165) is 31.9 Å². The zero-order chi connectivity index (χ0) is 13.1. The maximum atomic E-state index is 11.6. The van der Waals surface area contributed by atoms with Gasteiger partial charge < -0.3 is 5.32 Å². The van der Waals surface area contributed by atoms with E-state index in [1.165, 1.54) is 0 Å². The van der Waals surface area contributed by atoms with Gasteiger partial charge in [0.1, 0.15) is 5.75 Å². The Balaban J connectivity index is 2.60. The van der Waals surface area contributed by atoms with Crippen molar-refractivity contribution in [3.63, 3.8) is 0 Å². The van der Waals surface area contributed by atoms with Gasteiger partial charge in [0, 0.05) is 12.1 Å². The summed E-state index contributed by atoms with van der Waals surface area (Å²) in [5.41, 5.74) is -0.407. The van der Waals surface area contributed by atoms with Crippen LogP contribution in [0.1, 0.15) is 32.6 Å². The molecule has 100 valence electrons. The minimum absolute atomic E-state index is 0.342. The molecule has 0 saturated heterocycles. The smallest absolute Gasteiger partial charge is 0.235 e. The van der Waals surface area contributed by atoms with E-state index in [-0.39, 0.29) is 0 Å². The number of carbonyl (C=O) groups is 1. The van der Waals surface area contributed by atoms with E-state index in [2.05, 4.69) is 12.2 Å². The molecule has 1 rings (SSSR count). The number of alkyl halides is 1. The second kappa shape index (κ2) is 5.57. The molecule has 17 heavy (non-hydrogen) atoms. The molecule has 1 aliphatic rings. The molecule has 0 aromatic carbocycles. The van der Waals surface area contributed by atoms with E-state index >= 15 is 0 Å². The van der Waals surface area contributed by atoms with E-state index in [1.807, 2.05) is 0 Å². The van der Waals surface area contributed by atoms with Gasteiger partial charge in [-0.15, -0.1) is 11.6 Å². The quantitative estimate of drug-likeness (QED) is 0.791. The van der Waals surface area contributed by atoms with Crippen molar-refractivity contribution in [3.05, 3.63) is 0 Å². The molecule has 0 heterocycles. The minimum atomic E-state index is -3.27. The fourth-order valence-electron chi connectivity index (χ4n) is 2.18. The molecule has 6 heteroatoms. The van der Waals surface area contributed by atoms with Crippen LogP contribution in [0.2, 0.25) is 0 Å². The van der Waals surface area contributed by atoms with Crippen LogP contribution in [0.15, 0.2) is 0 Å². The molecular formula is C11H20ClNO3S. The molecule has 1 fully saturated rings. The largest absolute Gasteiger partial charge is 0.349 e. The van der Waals surface area contributed by atoms with Gasteiger partial charge in [0.2, 0.25) is 5.91 Å². The van der Waals surface area contributed by atoms with Crippen molar-refractivity contribution in [2.24, 2.45) is 5.92 Å². The number of carbonyl (C=O) groups excluding carboxylic acids is 1. The van der Waals surface area contributed by atoms with Crippen LogP contribution in [-0.2, 0) is 14.6 Å². The fraction of sp³-hybridized carbons (Fsp3) is 0.909. The second-order valence-corrected chi connectivity index (χ2v) is 7.62. The van der Waals surface area contributed by atoms with E-state index in [1.54, 1.807) is 0 Å². The average molecular weight is 282 g/mol. The predicted molar refractivity (Wildman–Crippen MR) is 68.9 cm³/mol. The number of amides is 1. The molecule has 0 radical (unpaired) electrons. The Kier molecular flexibility index (Phi) is 4.84. The van der Waals surface area contributed by atoms with E-state index < -0.39 is 27.0 Å². The van der Waals surface area contributed by atoms with E-state index in [9.17, 15) is 13.2 Å². The number of hydrogen-bond donors (Lipinski definition) is 1. The lowest BCUT2D eigenvalue weighted by Crippen LogP contribution is -2.53. The number of hydrogen-bond acceptors (Lipinski definition) is 3. The highest BCUT2D eigenvalue weighted by molar-refractivity contribution is 7.91. The van der Waals surface area contributed by atoms with Gasteiger partial charge in [0.05, 0.1) is 5.54 Å². The number of halogens is 1. The number of rotatable bonds is 4. The van der Waals surface area contributed by atoms with Crippen LogP contribution >= 0.6 is 11.6 Å². The molecule has 0 aromatic heterocycles. The maximum Gasteiger partial charge on any atom is 0.235 e. The summed E-state index contributed by atoms with van der Waals surface area (Å²) in [6.07, 6.45) is 4.75. The van der Waals surface area contributed by atoms with E-state index in [0.29, 0.717) is 11.8 Å². The standard InChI is InChI=1S/C11H20ClNO3S/c1-9-3-5-11(8-12,6-4-9)13-10(14)7-17(2,15)16/h9H,3-8H2,1-2H3,(H,13,14). The van der Waals surface area contributed by atoms with Crippen LogP contribution in [0.3, 0.4) is 0 Å². The Labute approximate surface area is 108 Å². The second-order valence-electron chi connectivity index (χ2n) is 5.21. The molecule has 0 aliphatic heterocycles. The van der Waals surface area contributed by atoms with Crippen molar-refractivity contribution in [1.82, 2.24) is 5.32 Å². The molecule has 1 saturated carbocycles. The molecule has 0 spiro atoms. The molecule has 1 aliphatic carbocycles. The monoisotopic (exact) mass is 281 g/mol. The lowest BCUT2D eigenvalue weighted by atomic mass is 9.78. The van der Waals surface area contributed by atoms with Crippen molar-refractivity contribution in [1.29, 1.82) is 0 Å². The van der Waals surface area contributed by atoms with Crippen LogP contribution in [0.4, 0.5) is 0 Å². The van der Waals surface area contributed by atoms with Gasteiger partial charge in [0.15, 0.2) is 9.84 Å². The van der Waals surface area contributed by atoms with Gasteiger partial charge in [0.25, 0.3) is 0 Å². The lowest BCUT2D eigenvalue weighted by molar-refractivity contribution is -0.120. The summed E-state index contributed by atoms with van der Waals surface area (Å²) >= 11 is 5.94. The lowest BCUT2D eigenvalue weighted by Gasteiger charge is -2.38. The highest BCUT2D eigenvalue weighted by Gasteiger charge is 2.35. The maximum absolute atomic E-state index is 11.6. The van der Waals surface area contributed by atoms with Crippen LogP contribution in [0, 0.1) is 5.92 Å². The molecule has 0 atom stereocenters. The third-order valence-corrected chi connectivity index (χ3v) is 4.58. The summed E-state index contributed by atoms with van der Waals surface area (Å²) < 4.78 is 22.1. The number of nitrogens with one attached hydrogen (secondary N) is 1. The summed E-state index contributed by atoms with van der Waals surface area (Å²) in [4.78, 5) is 11.6. The summed E-state index contributed by atoms with van der Waals surface area (Å²) in [6, 6.07) is 0. The molecule has 4 nitrogen and oxygen atoms in total. The van der Waals surface area contributed by atoms with Gasteiger partial charge in [-0.3, -0.25) is 4.79 Å². The molecule has 0 aromatic rings. The van der Waals surface area contributed by atoms with Crippen LogP contribution in [0.25, 0.3) is 0 Å². The Morgan fingerprint density at radius 3 is 2.35 bits per heavy atom. The third kappa shape index (κ3) is 4.84. The molecule has 1 amide bonds. The summed E-state index contributed by atoms with van der Waals surface area (Å²) in [7, 11) is -3.27. The van der Waals surface area contributed by atoms with Crippen molar-refractivity contribution < 1.29 is 13.2 Å². The Hall–Kier alpha value is -0.290. The van der Waals surface area contributed by atoms with Crippen molar-refractivity contribution in [3.8, 4) is 0 Å². The van der Waals surface area contributed by atoms with E-state index in [4.69, 9.17) is 11.6 Å². The zero-order valence-electron chi connectivity index (χ0n) is 10.3. The molecule has 0 unspecified atom stereocenters. The first-order chi connectivity index (χ1) is 7.76. The Morgan fingerprint density at radius 1 is 1.41 bits per heavy atom. The van der Waals surface area contributed by atoms with Gasteiger partial charge in [-0.2, -0.15) is 0 Å². The van der Waals surface area contributed by atoms with Crippen LogP contribution < -0.4 is 5.32 Å². The fourth-order valence-corrected chi connectivity index (χ4v) is 3.06. The number of sulfone groups is 1. The first-order valence-corrected chi connectivity index (χ1v) is 8.40. The first kappa shape index (κ1) is 14.8. The Bertz CT molecular complexity index is 372. The van der Waals surface area contributed by atoms with Gasteiger partial charge in [-0.25, -0.2) is 8.42 Å². The van der Waals surface area contributed by atoms with Gasteiger partial charge in [-0.1, -0.05) is 6.92 Å². The third-order valence-electron chi connectivity index (χ3n) is 3.29. The zero-order valence-corrected chi connectivity index (χ0v) is 11.9. The Morgan fingerprint density at radius 2 is 1.94 bits per heavy atom. The molecule has 1 N–H and O–H groups in total.